The molecule has 0 saturated carbocycles. The highest BCUT2D eigenvalue weighted by molar-refractivity contribution is 7.93. The average Bonchev–Trinajstić information content (AvgIpc) is 3.83. The van der Waals surface area contributed by atoms with Crippen LogP contribution in [0.2, 0.25) is 0 Å². The summed E-state index contributed by atoms with van der Waals surface area (Å²) in [6.45, 7) is 3.41. The summed E-state index contributed by atoms with van der Waals surface area (Å²) >= 11 is 1.11. The molecule has 13 nitrogen and oxygen atoms in total. The number of hydrogen-bond donors (Lipinski definition) is 2. The van der Waals surface area contributed by atoms with Gasteiger partial charge in [-0.15, -0.1) is 10.2 Å². The van der Waals surface area contributed by atoms with Gasteiger partial charge in [-0.25, -0.2) is 23.2 Å². The number of ether oxygens (including phenoxy) is 1. The normalized spacial score (nSPS) is 12.1. The Morgan fingerprint density at radius 2 is 1.58 bits per heavy atom. The quantitative estimate of drug-likeness (QED) is 0.175. The van der Waals surface area contributed by atoms with Crippen LogP contribution in [-0.4, -0.2) is 46.6 Å². The topological polar surface area (TPSA) is 179 Å². The number of carbonyl (C=O) groups excluding carboxylic acids is 2. The fourth-order valence-corrected chi connectivity index (χ4v) is 6.14. The zero-order valence-electron chi connectivity index (χ0n) is 23.8. The summed E-state index contributed by atoms with van der Waals surface area (Å²) < 4.78 is 44.3. The predicted molar refractivity (Wildman–Crippen MR) is 165 cm³/mol. The number of anilines is 2. The van der Waals surface area contributed by atoms with E-state index in [0.29, 0.717) is 44.6 Å². The lowest BCUT2D eigenvalue weighted by Gasteiger charge is -2.16. The van der Waals surface area contributed by atoms with Gasteiger partial charge in [0.1, 0.15) is 16.4 Å². The molecule has 6 rings (SSSR count). The summed E-state index contributed by atoms with van der Waals surface area (Å²) in [5, 5.41) is 11.0. The molecule has 2 N–H and O–H groups in total. The number of sulfonamides is 1. The molecule has 0 fully saturated rings. The Balaban J connectivity index is 1.16. The van der Waals surface area contributed by atoms with Crippen LogP contribution in [0, 0.1) is 6.92 Å². The first-order chi connectivity index (χ1) is 21.7. The molecular weight excluding hydrogens is 620 g/mol. The molecule has 4 aromatic heterocycles. The first kappa shape index (κ1) is 29.7. The van der Waals surface area contributed by atoms with Crippen LogP contribution in [-0.2, 0) is 19.6 Å². The largest absolute Gasteiger partial charge is 0.463 e. The van der Waals surface area contributed by atoms with Crippen LogP contribution in [0.1, 0.15) is 28.7 Å². The van der Waals surface area contributed by atoms with Crippen LogP contribution in [0.15, 0.2) is 93.0 Å². The molecule has 1 atom stereocenters. The Morgan fingerprint density at radius 1 is 0.911 bits per heavy atom. The van der Waals surface area contributed by atoms with E-state index in [0.717, 1.165) is 11.3 Å². The Morgan fingerprint density at radius 3 is 2.16 bits per heavy atom. The second-order valence-corrected chi connectivity index (χ2v) is 12.5. The van der Waals surface area contributed by atoms with Gasteiger partial charge in [-0.1, -0.05) is 18.3 Å². The predicted octanol–water partition coefficient (Wildman–Crippen LogP) is 5.68. The number of hydrogen-bond acceptors (Lipinski definition) is 12. The number of benzene rings is 2. The van der Waals surface area contributed by atoms with Crippen molar-refractivity contribution in [2.24, 2.45) is 0 Å². The fraction of sp³-hybridized carbons (Fsp3) is 0.133. The minimum absolute atomic E-state index is 0.0299. The molecule has 228 valence electrons. The summed E-state index contributed by atoms with van der Waals surface area (Å²) in [6.07, 6.45) is 2.13. The summed E-state index contributed by atoms with van der Waals surface area (Å²) in [4.78, 5) is 35.5. The van der Waals surface area contributed by atoms with Gasteiger partial charge < -0.3 is 18.9 Å². The molecule has 0 aliphatic carbocycles. The summed E-state index contributed by atoms with van der Waals surface area (Å²) in [5.74, 6) is -0.324. The van der Waals surface area contributed by atoms with E-state index in [-0.39, 0.29) is 22.0 Å². The highest BCUT2D eigenvalue weighted by atomic mass is 32.2. The zero-order chi connectivity index (χ0) is 31.6. The van der Waals surface area contributed by atoms with Crippen LogP contribution in [0.5, 0.6) is 0 Å². The second-order valence-electron chi connectivity index (χ2n) is 9.63. The van der Waals surface area contributed by atoms with E-state index in [1.807, 2.05) is 0 Å². The van der Waals surface area contributed by atoms with Crippen molar-refractivity contribution in [1.29, 1.82) is 0 Å². The molecule has 0 spiro atoms. The van der Waals surface area contributed by atoms with Crippen molar-refractivity contribution < 1.29 is 31.6 Å². The molecule has 0 aliphatic heterocycles. The maximum absolute atomic E-state index is 13.1. The minimum Gasteiger partial charge on any atom is -0.463 e. The third-order valence-corrected chi connectivity index (χ3v) is 8.74. The van der Waals surface area contributed by atoms with E-state index < -0.39 is 28.0 Å². The lowest BCUT2D eigenvalue weighted by atomic mass is 10.1. The number of esters is 1. The van der Waals surface area contributed by atoms with Gasteiger partial charge in [0.05, 0.1) is 34.0 Å². The molecule has 6 aromatic rings. The van der Waals surface area contributed by atoms with Gasteiger partial charge in [0.25, 0.3) is 15.9 Å². The van der Waals surface area contributed by atoms with E-state index in [4.69, 9.17) is 18.6 Å². The molecule has 0 bridgehead atoms. The molecule has 45 heavy (non-hydrogen) atoms. The Kier molecular flexibility index (Phi) is 8.10. The highest BCUT2D eigenvalue weighted by Gasteiger charge is 2.24. The molecule has 1 unspecified atom stereocenters. The van der Waals surface area contributed by atoms with Gasteiger partial charge in [-0.3, -0.25) is 9.52 Å². The van der Waals surface area contributed by atoms with E-state index in [1.54, 1.807) is 50.2 Å². The van der Waals surface area contributed by atoms with E-state index in [1.165, 1.54) is 42.9 Å². The Labute approximate surface area is 260 Å². The number of fused-ring (bicyclic) bond motifs is 1. The van der Waals surface area contributed by atoms with Gasteiger partial charge in [-0.05, 0) is 80.1 Å². The van der Waals surface area contributed by atoms with Gasteiger partial charge in [-0.2, -0.15) is 0 Å². The van der Waals surface area contributed by atoms with Crippen molar-refractivity contribution in [3.63, 3.8) is 0 Å². The van der Waals surface area contributed by atoms with Crippen molar-refractivity contribution in [1.82, 2.24) is 20.2 Å². The van der Waals surface area contributed by atoms with Gasteiger partial charge in [0.15, 0.2) is 17.6 Å². The Bertz CT molecular complexity index is 2090. The lowest BCUT2D eigenvalue weighted by molar-refractivity contribution is -0.124. The molecule has 1 amide bonds. The number of amides is 1. The molecular formula is C30H24N6O7S2. The monoisotopic (exact) mass is 644 g/mol. The number of carbonyl (C=O) groups is 2. The van der Waals surface area contributed by atoms with Crippen LogP contribution in [0.25, 0.3) is 33.9 Å². The standard InChI is InChI=1S/C30H24N6O7S2/c1-3-23(28(37)31-19-9-11-20(12-10-19)45(39,40)36-30-35-34-17(2)44-30)43-29(38)18-8-13-21-22(16-18)33-27(25-7-5-15-42-25)26(32-21)24-6-4-14-41-24/h4-16,23H,3H2,1-2H3,(H,31,37)(H,35,36). The maximum Gasteiger partial charge on any atom is 0.338 e. The summed E-state index contributed by atoms with van der Waals surface area (Å²) in [5.41, 5.74) is 2.33. The number of aryl methyl sites for hydroxylation is 1. The lowest BCUT2D eigenvalue weighted by Crippen LogP contribution is -2.32. The van der Waals surface area contributed by atoms with Crippen molar-refractivity contribution in [3.8, 4) is 22.9 Å². The van der Waals surface area contributed by atoms with Gasteiger partial charge in [0, 0.05) is 5.69 Å². The molecule has 0 saturated heterocycles. The van der Waals surface area contributed by atoms with Crippen LogP contribution < -0.4 is 10.0 Å². The summed E-state index contributed by atoms with van der Waals surface area (Å²) in [6, 6.07) is 17.2. The third-order valence-electron chi connectivity index (χ3n) is 6.50. The number of furan rings is 2. The first-order valence-corrected chi connectivity index (χ1v) is 15.8. The SMILES string of the molecule is CCC(OC(=O)c1ccc2nc(-c3ccco3)c(-c3ccco3)nc2c1)C(=O)Nc1ccc(S(=O)(=O)Nc2nnc(C)s2)cc1. The molecule has 2 aromatic carbocycles. The highest BCUT2D eigenvalue weighted by Crippen LogP contribution is 2.32. The maximum atomic E-state index is 13.1. The molecule has 15 heteroatoms. The van der Waals surface area contributed by atoms with Crippen molar-refractivity contribution in [2.75, 3.05) is 10.0 Å². The van der Waals surface area contributed by atoms with E-state index in [2.05, 4.69) is 25.2 Å². The van der Waals surface area contributed by atoms with Crippen LogP contribution in [0.4, 0.5) is 10.8 Å². The zero-order valence-corrected chi connectivity index (χ0v) is 25.4. The Hall–Kier alpha value is -5.41. The summed E-state index contributed by atoms with van der Waals surface area (Å²) in [7, 11) is -3.90. The molecule has 4 heterocycles. The van der Waals surface area contributed by atoms with Gasteiger partial charge in [0.2, 0.25) is 5.13 Å². The fourth-order valence-electron chi connectivity index (χ4n) is 4.32. The first-order valence-electron chi connectivity index (χ1n) is 13.5. The minimum atomic E-state index is -3.90. The van der Waals surface area contributed by atoms with Crippen molar-refractivity contribution >= 4 is 55.1 Å². The third kappa shape index (κ3) is 6.44. The van der Waals surface area contributed by atoms with E-state index in [9.17, 15) is 18.0 Å². The number of rotatable bonds is 10. The smallest absolute Gasteiger partial charge is 0.338 e. The number of nitrogens with zero attached hydrogens (tertiary/aromatic N) is 4. The molecule has 0 radical (unpaired) electrons. The van der Waals surface area contributed by atoms with Crippen LogP contribution in [0.3, 0.4) is 0 Å². The van der Waals surface area contributed by atoms with Gasteiger partial charge >= 0.3 is 5.97 Å². The van der Waals surface area contributed by atoms with Crippen molar-refractivity contribution in [3.05, 3.63) is 89.8 Å². The van der Waals surface area contributed by atoms with Crippen LogP contribution >= 0.6 is 11.3 Å². The number of aromatic nitrogens is 4. The van der Waals surface area contributed by atoms with Crippen molar-refractivity contribution in [2.45, 2.75) is 31.3 Å². The second kappa shape index (κ2) is 12.3. The van der Waals surface area contributed by atoms with E-state index >= 15 is 0 Å². The average molecular weight is 645 g/mol. The molecule has 0 aliphatic rings. The number of nitrogens with one attached hydrogen (secondary N) is 2.